The number of nitrogens with one attached hydrogen (secondary N) is 2. The molecule has 0 radical (unpaired) electrons. The van der Waals surface area contributed by atoms with Crippen molar-refractivity contribution < 1.29 is 18.4 Å². The highest BCUT2D eigenvalue weighted by Crippen LogP contribution is 2.13. The molecule has 0 unspecified atom stereocenters. The van der Waals surface area contributed by atoms with E-state index >= 15 is 0 Å². The molecule has 7 nitrogen and oxygen atoms in total. The number of hydrogen-bond acceptors (Lipinski definition) is 5. The number of benzene rings is 1. The molecule has 25 heavy (non-hydrogen) atoms. The molecule has 2 N–H and O–H groups in total. The van der Waals surface area contributed by atoms with Gasteiger partial charge in [0, 0.05) is 5.69 Å². The summed E-state index contributed by atoms with van der Waals surface area (Å²) in [4.78, 5) is 23.8. The number of amides is 2. The minimum absolute atomic E-state index is 0.177. The van der Waals surface area contributed by atoms with Crippen LogP contribution in [0.3, 0.4) is 0 Å². The molecule has 126 valence electrons. The van der Waals surface area contributed by atoms with Gasteiger partial charge in [0.2, 0.25) is 0 Å². The first kappa shape index (κ1) is 16.3. The van der Waals surface area contributed by atoms with Crippen LogP contribution >= 0.6 is 0 Å². The Morgan fingerprint density at radius 2 is 1.60 bits per heavy atom. The monoisotopic (exact) mass is 337 g/mol. The fourth-order valence-electron chi connectivity index (χ4n) is 2.08. The first-order chi connectivity index (χ1) is 12.1. The van der Waals surface area contributed by atoms with Crippen LogP contribution in [-0.4, -0.2) is 17.5 Å². The number of furan rings is 2. The molecule has 3 rings (SSSR count). The number of carbonyl (C=O) groups excluding carboxylic acids is 2. The topological polar surface area (TPSA) is 96.8 Å². The Bertz CT molecular complexity index is 896. The van der Waals surface area contributed by atoms with Crippen molar-refractivity contribution in [2.24, 2.45) is 5.10 Å². The van der Waals surface area contributed by atoms with Crippen LogP contribution in [-0.2, 0) is 0 Å². The molecule has 0 aliphatic carbocycles. The number of nitrogens with zero attached hydrogens (tertiary/aromatic N) is 1. The standard InChI is InChI=1S/C18H15N3O4/c1-12(20-21-18(23)16-8-4-10-25-16)13-5-2-6-14(11-13)19-17(22)15-7-3-9-24-15/h2-11H,1H3,(H,19,22)(H,21,23)/b20-12+. The maximum Gasteiger partial charge on any atom is 0.307 e. The van der Waals surface area contributed by atoms with E-state index in [0.717, 1.165) is 5.56 Å². The fourth-order valence-corrected chi connectivity index (χ4v) is 2.08. The first-order valence-corrected chi connectivity index (χ1v) is 7.47. The molecule has 1 aromatic carbocycles. The van der Waals surface area contributed by atoms with Gasteiger partial charge in [0.05, 0.1) is 18.2 Å². The van der Waals surface area contributed by atoms with Gasteiger partial charge in [0.1, 0.15) is 0 Å². The normalized spacial score (nSPS) is 11.2. The molecule has 0 bridgehead atoms. The highest BCUT2D eigenvalue weighted by Gasteiger charge is 2.10. The zero-order valence-corrected chi connectivity index (χ0v) is 13.4. The lowest BCUT2D eigenvalue weighted by atomic mass is 10.1. The Kier molecular flexibility index (Phi) is 4.75. The average Bonchev–Trinajstić information content (AvgIpc) is 3.33. The van der Waals surface area contributed by atoms with E-state index in [4.69, 9.17) is 8.83 Å². The van der Waals surface area contributed by atoms with Crippen LogP contribution in [0.5, 0.6) is 0 Å². The summed E-state index contributed by atoms with van der Waals surface area (Å²) < 4.78 is 10.0. The minimum atomic E-state index is -0.438. The van der Waals surface area contributed by atoms with Gasteiger partial charge in [-0.25, -0.2) is 5.43 Å². The van der Waals surface area contributed by atoms with Gasteiger partial charge in [-0.3, -0.25) is 9.59 Å². The second kappa shape index (κ2) is 7.31. The number of hydrazone groups is 1. The number of anilines is 1. The summed E-state index contributed by atoms with van der Waals surface area (Å²) in [5.41, 5.74) is 4.33. The van der Waals surface area contributed by atoms with E-state index in [9.17, 15) is 9.59 Å². The lowest BCUT2D eigenvalue weighted by Gasteiger charge is -2.06. The highest BCUT2D eigenvalue weighted by atomic mass is 16.3. The van der Waals surface area contributed by atoms with Crippen molar-refractivity contribution in [3.63, 3.8) is 0 Å². The molecule has 0 spiro atoms. The summed E-state index contributed by atoms with van der Waals surface area (Å²) in [6, 6.07) is 13.5. The van der Waals surface area contributed by atoms with Crippen LogP contribution in [0.2, 0.25) is 0 Å². The molecule has 0 fully saturated rings. The SMILES string of the molecule is C/C(=N\NC(=O)c1ccco1)c1cccc(NC(=O)c2ccco2)c1. The first-order valence-electron chi connectivity index (χ1n) is 7.47. The van der Waals surface area contributed by atoms with Gasteiger partial charge < -0.3 is 14.2 Å². The van der Waals surface area contributed by atoms with E-state index in [-0.39, 0.29) is 17.4 Å². The van der Waals surface area contributed by atoms with E-state index in [1.54, 1.807) is 49.4 Å². The maximum absolute atomic E-state index is 12.0. The number of hydrogen-bond donors (Lipinski definition) is 2. The predicted molar refractivity (Wildman–Crippen MR) is 91.5 cm³/mol. The second-order valence-corrected chi connectivity index (χ2v) is 5.13. The van der Waals surface area contributed by atoms with Crippen molar-refractivity contribution in [1.82, 2.24) is 5.43 Å². The summed E-state index contributed by atoms with van der Waals surface area (Å²) in [5, 5.41) is 6.78. The van der Waals surface area contributed by atoms with E-state index in [1.165, 1.54) is 12.5 Å². The van der Waals surface area contributed by atoms with E-state index in [1.807, 2.05) is 6.07 Å². The van der Waals surface area contributed by atoms with Crippen molar-refractivity contribution in [1.29, 1.82) is 0 Å². The zero-order valence-electron chi connectivity index (χ0n) is 13.4. The molecule has 2 aromatic heterocycles. The van der Waals surface area contributed by atoms with Gasteiger partial charge >= 0.3 is 5.91 Å². The fraction of sp³-hybridized carbons (Fsp3) is 0.0556. The van der Waals surface area contributed by atoms with Crippen LogP contribution in [0.4, 0.5) is 5.69 Å². The van der Waals surface area contributed by atoms with Crippen molar-refractivity contribution >= 4 is 23.2 Å². The van der Waals surface area contributed by atoms with Crippen LogP contribution in [0.25, 0.3) is 0 Å². The van der Waals surface area contributed by atoms with Gasteiger partial charge in [0.15, 0.2) is 11.5 Å². The van der Waals surface area contributed by atoms with Crippen LogP contribution in [0.15, 0.2) is 75.0 Å². The van der Waals surface area contributed by atoms with Gasteiger partial charge in [0.25, 0.3) is 5.91 Å². The molecule has 3 aromatic rings. The van der Waals surface area contributed by atoms with Crippen molar-refractivity contribution in [2.45, 2.75) is 6.92 Å². The lowest BCUT2D eigenvalue weighted by Crippen LogP contribution is -2.18. The van der Waals surface area contributed by atoms with Crippen molar-refractivity contribution in [2.75, 3.05) is 5.32 Å². The Labute approximate surface area is 143 Å². The van der Waals surface area contributed by atoms with E-state index in [0.29, 0.717) is 11.4 Å². The Hall–Kier alpha value is -3.61. The average molecular weight is 337 g/mol. The summed E-state index contributed by atoms with van der Waals surface area (Å²) in [6.45, 7) is 1.75. The third kappa shape index (κ3) is 4.03. The third-order valence-corrected chi connectivity index (χ3v) is 3.35. The van der Waals surface area contributed by atoms with E-state index < -0.39 is 5.91 Å². The molecule has 2 heterocycles. The molecule has 0 atom stereocenters. The molecule has 7 heteroatoms. The largest absolute Gasteiger partial charge is 0.459 e. The molecule has 2 amide bonds. The highest BCUT2D eigenvalue weighted by molar-refractivity contribution is 6.04. The van der Waals surface area contributed by atoms with Gasteiger partial charge in [-0.1, -0.05) is 12.1 Å². The van der Waals surface area contributed by atoms with Gasteiger partial charge in [-0.2, -0.15) is 5.10 Å². The molecule has 0 aliphatic heterocycles. The van der Waals surface area contributed by atoms with Gasteiger partial charge in [-0.15, -0.1) is 0 Å². The maximum atomic E-state index is 12.0. The molecular weight excluding hydrogens is 322 g/mol. The summed E-state index contributed by atoms with van der Waals surface area (Å²) in [7, 11) is 0. The minimum Gasteiger partial charge on any atom is -0.459 e. The summed E-state index contributed by atoms with van der Waals surface area (Å²) >= 11 is 0. The van der Waals surface area contributed by atoms with E-state index in [2.05, 4.69) is 15.8 Å². The second-order valence-electron chi connectivity index (χ2n) is 5.13. The predicted octanol–water partition coefficient (Wildman–Crippen LogP) is 3.28. The third-order valence-electron chi connectivity index (χ3n) is 3.35. The number of rotatable bonds is 5. The van der Waals surface area contributed by atoms with Crippen LogP contribution in [0.1, 0.15) is 33.6 Å². The Morgan fingerprint density at radius 3 is 2.24 bits per heavy atom. The van der Waals surface area contributed by atoms with Crippen LogP contribution in [0, 0.1) is 0 Å². The van der Waals surface area contributed by atoms with Crippen molar-refractivity contribution in [3.8, 4) is 0 Å². The quantitative estimate of drug-likeness (QED) is 0.551. The summed E-state index contributed by atoms with van der Waals surface area (Å²) in [6.07, 6.45) is 2.85. The smallest absolute Gasteiger partial charge is 0.307 e. The lowest BCUT2D eigenvalue weighted by molar-refractivity contribution is 0.0926. The zero-order chi connectivity index (χ0) is 17.6. The van der Waals surface area contributed by atoms with Crippen molar-refractivity contribution in [3.05, 3.63) is 78.1 Å². The molecule has 0 saturated heterocycles. The molecular formula is C18H15N3O4. The molecule has 0 saturated carbocycles. The Morgan fingerprint density at radius 1 is 0.920 bits per heavy atom. The van der Waals surface area contributed by atoms with Gasteiger partial charge in [-0.05, 0) is 48.9 Å². The Balaban J connectivity index is 1.68. The summed E-state index contributed by atoms with van der Waals surface area (Å²) in [5.74, 6) is -0.382. The molecule has 0 aliphatic rings. The number of carbonyl (C=O) groups is 2. The van der Waals surface area contributed by atoms with Crippen LogP contribution < -0.4 is 10.7 Å².